The van der Waals surface area contributed by atoms with Gasteiger partial charge in [0, 0.05) is 29.9 Å². The summed E-state index contributed by atoms with van der Waals surface area (Å²) in [5.41, 5.74) is 3.97. The number of nitrogens with one attached hydrogen (secondary N) is 1. The van der Waals surface area contributed by atoms with Crippen molar-refractivity contribution < 1.29 is 0 Å². The van der Waals surface area contributed by atoms with Crippen molar-refractivity contribution >= 4 is 0 Å². The molecule has 2 nitrogen and oxygen atoms in total. The molecular weight excluding hydrogens is 208 g/mol. The lowest BCUT2D eigenvalue weighted by molar-refractivity contribution is 0.338. The van der Waals surface area contributed by atoms with Crippen LogP contribution in [0.15, 0.2) is 12.3 Å². The average Bonchev–Trinajstić information content (AvgIpc) is 2.13. The highest BCUT2D eigenvalue weighted by Crippen LogP contribution is 2.24. The number of rotatable bonds is 3. The second-order valence-corrected chi connectivity index (χ2v) is 6.27. The molecule has 0 spiro atoms. The van der Waals surface area contributed by atoms with Crippen LogP contribution < -0.4 is 5.32 Å². The fourth-order valence-electron chi connectivity index (χ4n) is 2.39. The first-order chi connectivity index (χ1) is 7.97. The van der Waals surface area contributed by atoms with E-state index in [0.29, 0.717) is 0 Å². The Morgan fingerprint density at radius 3 is 2.53 bits per heavy atom. The van der Waals surface area contributed by atoms with Gasteiger partial charge in [-0.3, -0.25) is 4.98 Å². The molecule has 1 aliphatic carbocycles. The molecule has 0 amide bonds. The van der Waals surface area contributed by atoms with Gasteiger partial charge in [-0.1, -0.05) is 33.3 Å². The molecule has 1 N–H and O–H groups in total. The second-order valence-electron chi connectivity index (χ2n) is 6.27. The summed E-state index contributed by atoms with van der Waals surface area (Å²) in [6.45, 7) is 9.78. The van der Waals surface area contributed by atoms with Crippen LogP contribution in [0.5, 0.6) is 0 Å². The van der Waals surface area contributed by atoms with Crippen LogP contribution in [0.25, 0.3) is 0 Å². The first-order valence-corrected chi connectivity index (χ1v) is 6.66. The molecule has 1 heterocycles. The van der Waals surface area contributed by atoms with Crippen molar-refractivity contribution in [1.29, 1.82) is 0 Å². The van der Waals surface area contributed by atoms with Crippen LogP contribution in [0.2, 0.25) is 0 Å². The van der Waals surface area contributed by atoms with Gasteiger partial charge in [0.1, 0.15) is 0 Å². The summed E-state index contributed by atoms with van der Waals surface area (Å²) in [5.74, 6) is 0. The molecule has 1 fully saturated rings. The van der Waals surface area contributed by atoms with Crippen LogP contribution in [-0.4, -0.2) is 11.0 Å². The molecule has 1 aromatic heterocycles. The Hall–Kier alpha value is -0.890. The van der Waals surface area contributed by atoms with Crippen molar-refractivity contribution in [3.05, 3.63) is 29.1 Å². The summed E-state index contributed by atoms with van der Waals surface area (Å²) in [4.78, 5) is 4.63. The maximum absolute atomic E-state index is 4.63. The molecular formula is C15H24N2. The van der Waals surface area contributed by atoms with Gasteiger partial charge in [-0.15, -0.1) is 0 Å². The first kappa shape index (κ1) is 12.6. The molecule has 17 heavy (non-hydrogen) atoms. The number of pyridine rings is 1. The topological polar surface area (TPSA) is 24.9 Å². The van der Waals surface area contributed by atoms with Gasteiger partial charge in [-0.05, 0) is 30.9 Å². The molecule has 0 unspecified atom stereocenters. The Labute approximate surface area is 105 Å². The van der Waals surface area contributed by atoms with Crippen LogP contribution in [0.4, 0.5) is 0 Å². The monoisotopic (exact) mass is 232 g/mol. The minimum Gasteiger partial charge on any atom is -0.310 e. The third kappa shape index (κ3) is 3.06. The minimum absolute atomic E-state index is 0.143. The van der Waals surface area contributed by atoms with Crippen molar-refractivity contribution in [1.82, 2.24) is 10.3 Å². The third-order valence-corrected chi connectivity index (χ3v) is 3.55. The fourth-order valence-corrected chi connectivity index (χ4v) is 2.39. The molecule has 0 radical (unpaired) electrons. The SMILES string of the molecule is Cc1cc(CNC2CCC2)cnc1C(C)(C)C. The van der Waals surface area contributed by atoms with Crippen molar-refractivity contribution in [3.63, 3.8) is 0 Å². The molecule has 0 aromatic carbocycles. The van der Waals surface area contributed by atoms with Gasteiger partial charge in [-0.25, -0.2) is 0 Å². The number of hydrogen-bond acceptors (Lipinski definition) is 2. The van der Waals surface area contributed by atoms with E-state index >= 15 is 0 Å². The van der Waals surface area contributed by atoms with E-state index < -0.39 is 0 Å². The van der Waals surface area contributed by atoms with Gasteiger partial charge in [-0.2, -0.15) is 0 Å². The maximum Gasteiger partial charge on any atom is 0.0486 e. The number of hydrogen-bond donors (Lipinski definition) is 1. The van der Waals surface area contributed by atoms with E-state index in [-0.39, 0.29) is 5.41 Å². The van der Waals surface area contributed by atoms with Crippen molar-refractivity contribution in [2.75, 3.05) is 0 Å². The molecule has 1 aromatic rings. The molecule has 0 saturated heterocycles. The van der Waals surface area contributed by atoms with Crippen LogP contribution in [0, 0.1) is 6.92 Å². The summed E-state index contributed by atoms with van der Waals surface area (Å²) < 4.78 is 0. The Balaban J connectivity index is 2.02. The Morgan fingerprint density at radius 1 is 1.35 bits per heavy atom. The highest BCUT2D eigenvalue weighted by atomic mass is 14.9. The number of nitrogens with zero attached hydrogens (tertiary/aromatic N) is 1. The Bertz CT molecular complexity index is 386. The van der Waals surface area contributed by atoms with Crippen LogP contribution >= 0.6 is 0 Å². The molecule has 0 aliphatic heterocycles. The highest BCUT2D eigenvalue weighted by molar-refractivity contribution is 5.28. The van der Waals surface area contributed by atoms with Crippen LogP contribution in [0.1, 0.15) is 56.9 Å². The predicted octanol–water partition coefficient (Wildman–Crippen LogP) is 3.33. The zero-order chi connectivity index (χ0) is 12.5. The normalized spacial score (nSPS) is 16.9. The third-order valence-electron chi connectivity index (χ3n) is 3.55. The smallest absolute Gasteiger partial charge is 0.0486 e. The summed E-state index contributed by atoms with van der Waals surface area (Å²) in [6.07, 6.45) is 6.09. The first-order valence-electron chi connectivity index (χ1n) is 6.66. The summed E-state index contributed by atoms with van der Waals surface area (Å²) in [6, 6.07) is 3.02. The largest absolute Gasteiger partial charge is 0.310 e. The van der Waals surface area contributed by atoms with Gasteiger partial charge >= 0.3 is 0 Å². The molecule has 0 bridgehead atoms. The summed E-state index contributed by atoms with van der Waals surface area (Å²) in [7, 11) is 0. The fraction of sp³-hybridized carbons (Fsp3) is 0.667. The van der Waals surface area contributed by atoms with E-state index in [0.717, 1.165) is 12.6 Å². The predicted molar refractivity (Wildman–Crippen MR) is 72.2 cm³/mol. The van der Waals surface area contributed by atoms with Crippen molar-refractivity contribution in [2.24, 2.45) is 0 Å². The standard InChI is InChI=1S/C15H24N2/c1-11-8-12(9-16-13-6-5-7-13)10-17-14(11)15(2,3)4/h8,10,13,16H,5-7,9H2,1-4H3. The lowest BCUT2D eigenvalue weighted by Crippen LogP contribution is -2.34. The van der Waals surface area contributed by atoms with Gasteiger partial charge in [0.2, 0.25) is 0 Å². The van der Waals surface area contributed by atoms with E-state index in [4.69, 9.17) is 0 Å². The van der Waals surface area contributed by atoms with Gasteiger partial charge in [0.15, 0.2) is 0 Å². The maximum atomic E-state index is 4.63. The van der Waals surface area contributed by atoms with Gasteiger partial charge in [0.25, 0.3) is 0 Å². The zero-order valence-corrected chi connectivity index (χ0v) is 11.5. The number of aryl methyl sites for hydroxylation is 1. The Kier molecular flexibility index (Phi) is 3.53. The van der Waals surface area contributed by atoms with E-state index in [1.165, 1.54) is 36.1 Å². The highest BCUT2D eigenvalue weighted by Gasteiger charge is 2.19. The van der Waals surface area contributed by atoms with E-state index in [1.807, 2.05) is 6.20 Å². The second kappa shape index (κ2) is 4.77. The van der Waals surface area contributed by atoms with Gasteiger partial charge < -0.3 is 5.32 Å². The quantitative estimate of drug-likeness (QED) is 0.864. The molecule has 0 atom stereocenters. The summed E-state index contributed by atoms with van der Waals surface area (Å²) >= 11 is 0. The molecule has 94 valence electrons. The summed E-state index contributed by atoms with van der Waals surface area (Å²) in [5, 5.41) is 3.58. The van der Waals surface area contributed by atoms with Gasteiger partial charge in [0.05, 0.1) is 0 Å². The number of aromatic nitrogens is 1. The van der Waals surface area contributed by atoms with E-state index in [1.54, 1.807) is 0 Å². The van der Waals surface area contributed by atoms with Crippen LogP contribution in [-0.2, 0) is 12.0 Å². The molecule has 1 aliphatic rings. The van der Waals surface area contributed by atoms with E-state index in [2.05, 4.69) is 44.1 Å². The zero-order valence-electron chi connectivity index (χ0n) is 11.5. The molecule has 2 rings (SSSR count). The Morgan fingerprint density at radius 2 is 2.06 bits per heavy atom. The van der Waals surface area contributed by atoms with Crippen molar-refractivity contribution in [2.45, 2.75) is 65.0 Å². The lowest BCUT2D eigenvalue weighted by atomic mass is 9.88. The van der Waals surface area contributed by atoms with Crippen molar-refractivity contribution in [3.8, 4) is 0 Å². The lowest BCUT2D eigenvalue weighted by Gasteiger charge is -2.27. The van der Waals surface area contributed by atoms with Crippen LogP contribution in [0.3, 0.4) is 0 Å². The average molecular weight is 232 g/mol. The minimum atomic E-state index is 0.143. The molecule has 2 heteroatoms. The molecule has 1 saturated carbocycles. The van der Waals surface area contributed by atoms with E-state index in [9.17, 15) is 0 Å².